The maximum atomic E-state index is 6.68. The fourth-order valence-electron chi connectivity index (χ4n) is 6.82. The van der Waals surface area contributed by atoms with E-state index in [1.54, 1.807) is 0 Å². The second-order valence-electron chi connectivity index (χ2n) is 10.5. The first-order valence-corrected chi connectivity index (χ1v) is 13.6. The van der Waals surface area contributed by atoms with Crippen LogP contribution in [0.1, 0.15) is 0 Å². The number of benzene rings is 6. The SMILES string of the molecule is Nn1c2ccccc2c2c3c4ccc5c6ccccc6n(-c6ccccc6)c5c4n(-c4ccccc4)c3ccc21. The van der Waals surface area contributed by atoms with Crippen molar-refractivity contribution in [3.05, 3.63) is 133 Å². The standard InChI is InChI=1S/C36H24N4/c37-40-30-18-10-8-16-27(30)33-32(40)22-21-31-34(33)28-20-19-26-25-15-7-9-17-29(25)38(23-11-3-1-4-12-23)35(26)36(28)39(31)24-13-5-2-6-14-24/h1-22H,37H2. The van der Waals surface area contributed by atoms with Crippen molar-refractivity contribution in [3.8, 4) is 11.4 Å². The average molecular weight is 513 g/mol. The normalized spacial score (nSPS) is 12.1. The Labute approximate surface area is 229 Å². The first-order valence-electron chi connectivity index (χ1n) is 13.6. The molecule has 0 unspecified atom stereocenters. The molecule has 3 heterocycles. The maximum Gasteiger partial charge on any atom is 0.0789 e. The van der Waals surface area contributed by atoms with Gasteiger partial charge in [0.25, 0.3) is 0 Å². The smallest absolute Gasteiger partial charge is 0.0789 e. The van der Waals surface area contributed by atoms with Gasteiger partial charge in [-0.15, -0.1) is 0 Å². The van der Waals surface area contributed by atoms with Crippen LogP contribution in [-0.2, 0) is 0 Å². The van der Waals surface area contributed by atoms with Gasteiger partial charge in [0.05, 0.1) is 33.1 Å². The van der Waals surface area contributed by atoms with E-state index in [0.717, 1.165) is 22.4 Å². The summed E-state index contributed by atoms with van der Waals surface area (Å²) in [5.74, 6) is 6.68. The number of aromatic nitrogens is 3. The molecule has 0 bridgehead atoms. The minimum absolute atomic E-state index is 1.03. The number of nitrogen functional groups attached to an aromatic ring is 1. The van der Waals surface area contributed by atoms with Crippen LogP contribution >= 0.6 is 0 Å². The van der Waals surface area contributed by atoms with E-state index in [-0.39, 0.29) is 0 Å². The number of nitrogens with zero attached hydrogens (tertiary/aromatic N) is 3. The van der Waals surface area contributed by atoms with Gasteiger partial charge in [0.2, 0.25) is 0 Å². The van der Waals surface area contributed by atoms with Crippen LogP contribution in [0.3, 0.4) is 0 Å². The van der Waals surface area contributed by atoms with Crippen molar-refractivity contribution in [2.45, 2.75) is 0 Å². The van der Waals surface area contributed by atoms with Crippen LogP contribution < -0.4 is 5.84 Å². The van der Waals surface area contributed by atoms with Crippen LogP contribution in [0.15, 0.2) is 133 Å². The maximum absolute atomic E-state index is 6.68. The molecule has 6 aromatic carbocycles. The highest BCUT2D eigenvalue weighted by molar-refractivity contribution is 6.32. The fourth-order valence-corrected chi connectivity index (χ4v) is 6.82. The Morgan fingerprint density at radius 1 is 0.350 bits per heavy atom. The number of para-hydroxylation sites is 4. The van der Waals surface area contributed by atoms with E-state index in [1.807, 2.05) is 4.68 Å². The summed E-state index contributed by atoms with van der Waals surface area (Å²) in [5, 5.41) is 7.29. The van der Waals surface area contributed by atoms with E-state index in [4.69, 9.17) is 5.84 Å². The molecule has 4 nitrogen and oxygen atoms in total. The van der Waals surface area contributed by atoms with Crippen LogP contribution in [0.4, 0.5) is 0 Å². The lowest BCUT2D eigenvalue weighted by molar-refractivity contribution is 1.12. The van der Waals surface area contributed by atoms with E-state index >= 15 is 0 Å². The highest BCUT2D eigenvalue weighted by Crippen LogP contribution is 2.45. The zero-order valence-corrected chi connectivity index (χ0v) is 21.6. The lowest BCUT2D eigenvalue weighted by atomic mass is 10.0. The van der Waals surface area contributed by atoms with Crippen LogP contribution in [0, 0.1) is 0 Å². The number of fused-ring (bicyclic) bond motifs is 11. The highest BCUT2D eigenvalue weighted by atomic mass is 15.3. The van der Waals surface area contributed by atoms with Gasteiger partial charge in [-0.1, -0.05) is 84.9 Å². The third-order valence-corrected chi connectivity index (χ3v) is 8.43. The molecule has 0 aliphatic rings. The van der Waals surface area contributed by atoms with Crippen LogP contribution in [0.2, 0.25) is 0 Å². The molecule has 0 atom stereocenters. The minimum Gasteiger partial charge on any atom is -0.339 e. The summed E-state index contributed by atoms with van der Waals surface area (Å²) in [6.45, 7) is 0. The number of nitrogens with two attached hydrogens (primary N) is 1. The quantitative estimate of drug-likeness (QED) is 0.231. The van der Waals surface area contributed by atoms with Gasteiger partial charge in [0.15, 0.2) is 0 Å². The topological polar surface area (TPSA) is 40.8 Å². The van der Waals surface area contributed by atoms with Crippen molar-refractivity contribution >= 4 is 65.4 Å². The molecular weight excluding hydrogens is 488 g/mol. The molecule has 2 N–H and O–H groups in total. The molecule has 0 saturated heterocycles. The first-order chi connectivity index (χ1) is 19.8. The Balaban J connectivity index is 1.62. The van der Waals surface area contributed by atoms with Crippen LogP contribution in [-0.4, -0.2) is 13.8 Å². The fraction of sp³-hybridized carbons (Fsp3) is 0. The van der Waals surface area contributed by atoms with Gasteiger partial charge in [0.1, 0.15) is 0 Å². The predicted molar refractivity (Wildman–Crippen MR) is 168 cm³/mol. The van der Waals surface area contributed by atoms with E-state index in [0.29, 0.717) is 0 Å². The number of rotatable bonds is 2. The van der Waals surface area contributed by atoms with Crippen molar-refractivity contribution in [1.29, 1.82) is 0 Å². The Bertz CT molecular complexity index is 2420. The summed E-state index contributed by atoms with van der Waals surface area (Å²) >= 11 is 0. The Kier molecular flexibility index (Phi) is 4.17. The van der Waals surface area contributed by atoms with Gasteiger partial charge in [-0.2, -0.15) is 0 Å². The molecule has 0 aliphatic heterocycles. The molecule has 0 fully saturated rings. The summed E-state index contributed by atoms with van der Waals surface area (Å²) in [7, 11) is 0. The van der Waals surface area contributed by atoms with Gasteiger partial charge in [-0.3, -0.25) is 4.68 Å². The molecule has 40 heavy (non-hydrogen) atoms. The highest BCUT2D eigenvalue weighted by Gasteiger charge is 2.23. The zero-order valence-electron chi connectivity index (χ0n) is 21.6. The molecule has 4 heteroatoms. The van der Waals surface area contributed by atoms with Crippen molar-refractivity contribution in [2.75, 3.05) is 5.84 Å². The predicted octanol–water partition coefficient (Wildman–Crippen LogP) is 8.70. The number of hydrogen-bond donors (Lipinski definition) is 1. The van der Waals surface area contributed by atoms with Crippen molar-refractivity contribution < 1.29 is 0 Å². The van der Waals surface area contributed by atoms with Gasteiger partial charge in [-0.25, -0.2) is 0 Å². The van der Waals surface area contributed by atoms with Crippen molar-refractivity contribution in [2.24, 2.45) is 0 Å². The molecule has 188 valence electrons. The summed E-state index contributed by atoms with van der Waals surface area (Å²) in [4.78, 5) is 0. The largest absolute Gasteiger partial charge is 0.339 e. The molecule has 9 rings (SSSR count). The van der Waals surface area contributed by atoms with Crippen molar-refractivity contribution in [1.82, 2.24) is 13.8 Å². The molecule has 0 amide bonds. The van der Waals surface area contributed by atoms with E-state index in [9.17, 15) is 0 Å². The molecular formula is C36H24N4. The third kappa shape index (κ3) is 2.65. The third-order valence-electron chi connectivity index (χ3n) is 8.43. The van der Waals surface area contributed by atoms with Gasteiger partial charge >= 0.3 is 0 Å². The minimum atomic E-state index is 1.03. The molecule has 3 aromatic heterocycles. The van der Waals surface area contributed by atoms with Gasteiger partial charge < -0.3 is 15.0 Å². The summed E-state index contributed by atoms with van der Waals surface area (Å²) in [6.07, 6.45) is 0. The Morgan fingerprint density at radius 3 is 1.57 bits per heavy atom. The van der Waals surface area contributed by atoms with E-state index < -0.39 is 0 Å². The molecule has 0 spiro atoms. The van der Waals surface area contributed by atoms with Crippen molar-refractivity contribution in [3.63, 3.8) is 0 Å². The molecule has 0 saturated carbocycles. The average Bonchev–Trinajstić information content (AvgIpc) is 3.64. The second-order valence-corrected chi connectivity index (χ2v) is 10.5. The second kappa shape index (κ2) is 7.78. The summed E-state index contributed by atoms with van der Waals surface area (Å²) < 4.78 is 6.69. The zero-order chi connectivity index (χ0) is 26.4. The lowest BCUT2D eigenvalue weighted by Crippen LogP contribution is -2.06. The number of hydrogen-bond acceptors (Lipinski definition) is 1. The van der Waals surface area contributed by atoms with E-state index in [2.05, 4.69) is 143 Å². The summed E-state index contributed by atoms with van der Waals surface area (Å²) in [5.41, 5.74) is 9.11. The summed E-state index contributed by atoms with van der Waals surface area (Å²) in [6, 6.07) is 47.6. The molecule has 0 aliphatic carbocycles. The lowest BCUT2D eigenvalue weighted by Gasteiger charge is -2.12. The molecule has 9 aromatic rings. The monoisotopic (exact) mass is 512 g/mol. The van der Waals surface area contributed by atoms with E-state index in [1.165, 1.54) is 54.4 Å². The van der Waals surface area contributed by atoms with Crippen LogP contribution in [0.5, 0.6) is 0 Å². The van der Waals surface area contributed by atoms with Gasteiger partial charge in [0, 0.05) is 43.7 Å². The van der Waals surface area contributed by atoms with Crippen LogP contribution in [0.25, 0.3) is 76.8 Å². The molecule has 0 radical (unpaired) electrons. The Hall–Kier alpha value is -5.48. The van der Waals surface area contributed by atoms with Gasteiger partial charge in [-0.05, 0) is 48.5 Å². The first kappa shape index (κ1) is 21.5. The Morgan fingerprint density at radius 2 is 0.850 bits per heavy atom.